The molecule has 200 valence electrons. The average Bonchev–Trinajstić information content (AvgIpc) is 2.92. The number of phenolic OH excluding ortho intramolecular Hbond substituents is 1. The number of aliphatic hydroxyl groups excluding tert-OH is 1. The van der Waals surface area contributed by atoms with Gasteiger partial charge in [0.05, 0.1) is 23.0 Å². The first-order valence-electron chi connectivity index (χ1n) is 12.4. The van der Waals surface area contributed by atoms with Gasteiger partial charge in [-0.2, -0.15) is 8.42 Å². The molecule has 1 aliphatic rings. The fourth-order valence-electron chi connectivity index (χ4n) is 5.09. The Morgan fingerprint density at radius 3 is 2.28 bits per heavy atom. The van der Waals surface area contributed by atoms with Gasteiger partial charge in [-0.15, -0.1) is 0 Å². The first-order valence-corrected chi connectivity index (χ1v) is 14.2. The molecule has 1 aliphatic heterocycles. The number of aromatic hydroxyl groups is 1. The fraction of sp³-hybridized carbons (Fsp3) is 0.167. The van der Waals surface area contributed by atoms with Crippen LogP contribution in [-0.2, 0) is 14.9 Å². The summed E-state index contributed by atoms with van der Waals surface area (Å²) in [4.78, 5) is 14.7. The van der Waals surface area contributed by atoms with E-state index in [1.807, 2.05) is 30.3 Å². The van der Waals surface area contributed by atoms with Gasteiger partial charge in [-0.25, -0.2) is 0 Å². The summed E-state index contributed by atoms with van der Waals surface area (Å²) in [7, 11) is -4.38. The van der Waals surface area contributed by atoms with Crippen molar-refractivity contribution in [1.82, 2.24) is 0 Å². The molecule has 1 saturated heterocycles. The van der Waals surface area contributed by atoms with E-state index in [1.54, 1.807) is 47.4 Å². The van der Waals surface area contributed by atoms with Crippen molar-refractivity contribution < 1.29 is 28.0 Å². The van der Waals surface area contributed by atoms with E-state index in [0.717, 1.165) is 0 Å². The highest BCUT2D eigenvalue weighted by Gasteiger charge is 2.49. The van der Waals surface area contributed by atoms with Gasteiger partial charge in [0.25, 0.3) is 10.1 Å². The van der Waals surface area contributed by atoms with E-state index in [0.29, 0.717) is 45.8 Å². The van der Waals surface area contributed by atoms with Crippen LogP contribution < -0.4 is 4.90 Å². The second-order valence-corrected chi connectivity index (χ2v) is 11.4. The summed E-state index contributed by atoms with van der Waals surface area (Å²) in [5, 5.41) is 22.4. The second-order valence-electron chi connectivity index (χ2n) is 9.52. The molecule has 7 nitrogen and oxygen atoms in total. The van der Waals surface area contributed by atoms with E-state index in [9.17, 15) is 28.0 Å². The van der Waals surface area contributed by atoms with Gasteiger partial charge in [0.15, 0.2) is 0 Å². The Labute approximate surface area is 231 Å². The van der Waals surface area contributed by atoms with E-state index in [2.05, 4.69) is 0 Å². The number of phenols is 1. The van der Waals surface area contributed by atoms with Gasteiger partial charge in [0.2, 0.25) is 5.91 Å². The number of aliphatic hydroxyl groups is 1. The second kappa shape index (κ2) is 10.8. The molecule has 3 N–H and O–H groups in total. The number of nitrogens with zero attached hydrogens (tertiary/aromatic N) is 1. The van der Waals surface area contributed by atoms with E-state index >= 15 is 0 Å². The van der Waals surface area contributed by atoms with Crippen LogP contribution in [-0.4, -0.2) is 29.1 Å². The molecule has 1 fully saturated rings. The summed E-state index contributed by atoms with van der Waals surface area (Å²) in [5.41, 5.74) is 2.95. The van der Waals surface area contributed by atoms with Gasteiger partial charge in [0.1, 0.15) is 5.75 Å². The Morgan fingerprint density at radius 1 is 0.872 bits per heavy atom. The van der Waals surface area contributed by atoms with Gasteiger partial charge in [-0.3, -0.25) is 9.35 Å². The third-order valence-corrected chi connectivity index (χ3v) is 8.13. The van der Waals surface area contributed by atoms with Crippen molar-refractivity contribution in [3.05, 3.63) is 113 Å². The molecule has 0 aliphatic carbocycles. The number of para-hydroxylation sites is 1. The lowest BCUT2D eigenvalue weighted by Gasteiger charge is -2.48. The molecule has 3 atom stereocenters. The first-order chi connectivity index (χ1) is 18.6. The number of benzene rings is 4. The maximum atomic E-state index is 13.3. The molecule has 0 spiro atoms. The molecule has 0 radical (unpaired) electrons. The Kier molecular flexibility index (Phi) is 7.46. The van der Waals surface area contributed by atoms with E-state index in [1.165, 1.54) is 24.3 Å². The zero-order valence-corrected chi connectivity index (χ0v) is 22.3. The van der Waals surface area contributed by atoms with Crippen LogP contribution in [0.4, 0.5) is 5.69 Å². The lowest BCUT2D eigenvalue weighted by atomic mass is 9.77. The van der Waals surface area contributed by atoms with Crippen molar-refractivity contribution in [2.45, 2.75) is 29.9 Å². The number of hydrogen-bond acceptors (Lipinski definition) is 5. The minimum atomic E-state index is -4.38. The van der Waals surface area contributed by atoms with Gasteiger partial charge >= 0.3 is 0 Å². The van der Waals surface area contributed by atoms with Gasteiger partial charge in [-0.1, -0.05) is 66.2 Å². The zero-order valence-electron chi connectivity index (χ0n) is 20.7. The number of rotatable bonds is 8. The molecule has 3 unspecified atom stereocenters. The van der Waals surface area contributed by atoms with Crippen molar-refractivity contribution >= 4 is 33.3 Å². The zero-order chi connectivity index (χ0) is 27.7. The van der Waals surface area contributed by atoms with Crippen molar-refractivity contribution in [1.29, 1.82) is 0 Å². The molecular formula is C30H26ClNO6S. The standard InChI is InChI=1S/C30H26ClNO6S/c31-22-8-4-7-21(16-22)27(33)15-14-26-29(32(30(26)35)23-9-2-1-3-10-23)25-13-12-20(18-28(25)34)19-6-5-11-24(17-19)39(36,37)38/h1-13,16-18,26-27,29,33-34H,14-15H2,(H,36,37,38). The summed E-state index contributed by atoms with van der Waals surface area (Å²) in [6, 6.07) is 26.5. The normalized spacial score (nSPS) is 18.0. The molecule has 0 saturated carbocycles. The highest BCUT2D eigenvalue weighted by Crippen LogP contribution is 2.49. The Bertz CT molecular complexity index is 1630. The van der Waals surface area contributed by atoms with E-state index in [4.69, 9.17) is 11.6 Å². The van der Waals surface area contributed by atoms with Gasteiger partial charge in [-0.05, 0) is 72.0 Å². The van der Waals surface area contributed by atoms with Crippen molar-refractivity contribution in [3.63, 3.8) is 0 Å². The monoisotopic (exact) mass is 563 g/mol. The summed E-state index contributed by atoms with van der Waals surface area (Å²) in [6.45, 7) is 0. The summed E-state index contributed by atoms with van der Waals surface area (Å²) in [6.07, 6.45) is -0.0797. The number of carbonyl (C=O) groups excluding carboxylic acids is 1. The molecule has 1 amide bonds. The number of carbonyl (C=O) groups is 1. The molecule has 4 aromatic carbocycles. The van der Waals surface area contributed by atoms with Crippen LogP contribution >= 0.6 is 11.6 Å². The molecule has 1 heterocycles. The third kappa shape index (κ3) is 5.55. The minimum Gasteiger partial charge on any atom is -0.508 e. The van der Waals surface area contributed by atoms with Gasteiger partial charge in [0, 0.05) is 16.3 Å². The van der Waals surface area contributed by atoms with Crippen LogP contribution in [0.2, 0.25) is 5.02 Å². The van der Waals surface area contributed by atoms with Crippen LogP contribution in [0.1, 0.15) is 36.1 Å². The first kappa shape index (κ1) is 26.9. The number of amides is 1. The maximum Gasteiger partial charge on any atom is 0.294 e. The Morgan fingerprint density at radius 2 is 1.59 bits per heavy atom. The lowest BCUT2D eigenvalue weighted by Crippen LogP contribution is -2.55. The predicted octanol–water partition coefficient (Wildman–Crippen LogP) is 6.18. The van der Waals surface area contributed by atoms with Crippen LogP contribution in [0.25, 0.3) is 11.1 Å². The lowest BCUT2D eigenvalue weighted by molar-refractivity contribution is -0.131. The van der Waals surface area contributed by atoms with Crippen molar-refractivity contribution in [2.75, 3.05) is 4.90 Å². The molecule has 0 bridgehead atoms. The number of anilines is 1. The van der Waals surface area contributed by atoms with E-state index < -0.39 is 28.2 Å². The number of hydrogen-bond donors (Lipinski definition) is 3. The topological polar surface area (TPSA) is 115 Å². The van der Waals surface area contributed by atoms with Crippen LogP contribution in [0.5, 0.6) is 5.75 Å². The smallest absolute Gasteiger partial charge is 0.294 e. The van der Waals surface area contributed by atoms with E-state index in [-0.39, 0.29) is 16.6 Å². The summed E-state index contributed by atoms with van der Waals surface area (Å²) < 4.78 is 32.5. The molecule has 4 aromatic rings. The third-order valence-electron chi connectivity index (χ3n) is 7.05. The maximum absolute atomic E-state index is 13.3. The quantitative estimate of drug-likeness (QED) is 0.174. The minimum absolute atomic E-state index is 0.0522. The van der Waals surface area contributed by atoms with Gasteiger partial charge < -0.3 is 15.1 Å². The molecule has 0 aromatic heterocycles. The van der Waals surface area contributed by atoms with Crippen LogP contribution in [0.3, 0.4) is 0 Å². The molecule has 9 heteroatoms. The number of β-lactam (4-membered cyclic amide) rings is 1. The van der Waals surface area contributed by atoms with Crippen LogP contribution in [0.15, 0.2) is 102 Å². The Hall–Kier alpha value is -3.69. The average molecular weight is 564 g/mol. The van der Waals surface area contributed by atoms with Crippen molar-refractivity contribution in [3.8, 4) is 16.9 Å². The highest BCUT2D eigenvalue weighted by atomic mass is 35.5. The SMILES string of the molecule is O=C1C(CCC(O)c2cccc(Cl)c2)C(c2ccc(-c3cccc(S(=O)(=O)O)c3)cc2O)N1c1ccccc1. The predicted molar refractivity (Wildman–Crippen MR) is 149 cm³/mol. The summed E-state index contributed by atoms with van der Waals surface area (Å²) >= 11 is 6.07. The van der Waals surface area contributed by atoms with Crippen molar-refractivity contribution in [2.24, 2.45) is 5.92 Å². The fourth-order valence-corrected chi connectivity index (χ4v) is 5.81. The Balaban J connectivity index is 1.45. The highest BCUT2D eigenvalue weighted by molar-refractivity contribution is 7.85. The largest absolute Gasteiger partial charge is 0.508 e. The number of halogens is 1. The summed E-state index contributed by atoms with van der Waals surface area (Å²) in [5.74, 6) is -0.629. The molecular weight excluding hydrogens is 538 g/mol. The van der Waals surface area contributed by atoms with Crippen LogP contribution in [0, 0.1) is 5.92 Å². The molecule has 39 heavy (non-hydrogen) atoms. The molecule has 5 rings (SSSR count).